The highest BCUT2D eigenvalue weighted by Crippen LogP contribution is 2.67. The third kappa shape index (κ3) is 2.55. The molecule has 0 heterocycles. The van der Waals surface area contributed by atoms with Crippen molar-refractivity contribution in [2.75, 3.05) is 13.9 Å². The molecule has 4 aliphatic carbocycles. The average Bonchev–Trinajstić information content (AvgIpc) is 2.94. The van der Waals surface area contributed by atoms with Crippen molar-refractivity contribution in [1.82, 2.24) is 0 Å². The van der Waals surface area contributed by atoms with Gasteiger partial charge in [-0.05, 0) is 68.6 Å². The highest BCUT2D eigenvalue weighted by molar-refractivity contribution is 5.86. The van der Waals surface area contributed by atoms with Crippen molar-refractivity contribution in [3.63, 3.8) is 0 Å². The molecule has 0 N–H and O–H groups in total. The van der Waals surface area contributed by atoms with E-state index in [9.17, 15) is 9.59 Å². The van der Waals surface area contributed by atoms with Crippen LogP contribution in [0, 0.1) is 28.6 Å². The van der Waals surface area contributed by atoms with Crippen LogP contribution in [-0.4, -0.2) is 31.1 Å². The Kier molecular flexibility index (Phi) is 4.67. The van der Waals surface area contributed by atoms with Gasteiger partial charge in [-0.15, -0.1) is 0 Å². The van der Waals surface area contributed by atoms with Crippen LogP contribution in [0.5, 0.6) is 0 Å². The smallest absolute Gasteiger partial charge is 0.162 e. The predicted octanol–water partition coefficient (Wildman–Crippen LogP) is 4.47. The quantitative estimate of drug-likeness (QED) is 0.538. The lowest BCUT2D eigenvalue weighted by atomic mass is 9.47. The van der Waals surface area contributed by atoms with Crippen molar-refractivity contribution in [3.05, 3.63) is 11.6 Å². The summed E-state index contributed by atoms with van der Waals surface area (Å²) in [4.78, 5) is 24.8. The summed E-state index contributed by atoms with van der Waals surface area (Å²) in [7, 11) is 1.62. The molecule has 6 atom stereocenters. The van der Waals surface area contributed by atoms with Crippen LogP contribution in [0.4, 0.5) is 0 Å². The first kappa shape index (κ1) is 19.3. The molecule has 0 saturated heterocycles. The van der Waals surface area contributed by atoms with E-state index in [4.69, 9.17) is 9.47 Å². The fourth-order valence-corrected chi connectivity index (χ4v) is 7.55. The number of fused-ring (bicyclic) bond motifs is 5. The van der Waals surface area contributed by atoms with Crippen LogP contribution in [0.3, 0.4) is 0 Å². The molecule has 27 heavy (non-hydrogen) atoms. The van der Waals surface area contributed by atoms with Gasteiger partial charge in [0.1, 0.15) is 18.2 Å². The maximum Gasteiger partial charge on any atom is 0.162 e. The van der Waals surface area contributed by atoms with Crippen molar-refractivity contribution in [2.45, 2.75) is 77.7 Å². The Balaban J connectivity index is 1.68. The van der Waals surface area contributed by atoms with E-state index in [2.05, 4.69) is 19.9 Å². The van der Waals surface area contributed by atoms with Crippen LogP contribution in [0.25, 0.3) is 0 Å². The van der Waals surface area contributed by atoms with Gasteiger partial charge in [-0.1, -0.05) is 25.5 Å². The van der Waals surface area contributed by atoms with Crippen molar-refractivity contribution < 1.29 is 19.1 Å². The van der Waals surface area contributed by atoms with E-state index in [0.717, 1.165) is 44.9 Å². The number of hydrogen-bond donors (Lipinski definition) is 0. The molecule has 3 saturated carbocycles. The maximum absolute atomic E-state index is 12.8. The van der Waals surface area contributed by atoms with Gasteiger partial charge < -0.3 is 9.47 Å². The summed E-state index contributed by atoms with van der Waals surface area (Å²) in [5.74, 6) is 2.29. The van der Waals surface area contributed by atoms with Gasteiger partial charge in [0.2, 0.25) is 0 Å². The van der Waals surface area contributed by atoms with Crippen molar-refractivity contribution in [1.29, 1.82) is 0 Å². The number of Topliss-reactive ketones (excluding diaryl/α,β-unsaturated/α-hetero) is 2. The molecule has 0 aliphatic heterocycles. The fourth-order valence-electron chi connectivity index (χ4n) is 7.55. The largest absolute Gasteiger partial charge is 0.359 e. The van der Waals surface area contributed by atoms with E-state index >= 15 is 0 Å². The third-order valence-corrected chi connectivity index (χ3v) is 9.05. The number of allylic oxidation sites excluding steroid dienone is 2. The molecule has 4 nitrogen and oxygen atoms in total. The Morgan fingerprint density at radius 2 is 1.93 bits per heavy atom. The molecule has 150 valence electrons. The van der Waals surface area contributed by atoms with Gasteiger partial charge >= 0.3 is 0 Å². The standard InChI is InChI=1S/C23H34O4/c1-15(24)23(27-14-26-4)12-9-20-18-6-5-16-13-17(25)7-10-21(16,2)19(18)8-11-22(20,23)3/h5,18-20H,6-14H2,1-4H3/t18-,19+,20+,21+,22+,23+/m1/s1. The maximum atomic E-state index is 12.8. The van der Waals surface area contributed by atoms with Crippen LogP contribution < -0.4 is 0 Å². The molecule has 0 unspecified atom stereocenters. The summed E-state index contributed by atoms with van der Waals surface area (Å²) < 4.78 is 11.4. The van der Waals surface area contributed by atoms with Crippen LogP contribution >= 0.6 is 0 Å². The zero-order valence-corrected chi connectivity index (χ0v) is 17.3. The Morgan fingerprint density at radius 3 is 2.63 bits per heavy atom. The Hall–Kier alpha value is -1.00. The zero-order valence-electron chi connectivity index (χ0n) is 17.3. The molecule has 0 aromatic heterocycles. The molecule has 0 amide bonds. The van der Waals surface area contributed by atoms with Crippen LogP contribution in [-0.2, 0) is 19.1 Å². The van der Waals surface area contributed by atoms with E-state index in [1.807, 2.05) is 0 Å². The molecule has 3 fully saturated rings. The van der Waals surface area contributed by atoms with E-state index in [1.54, 1.807) is 14.0 Å². The minimum atomic E-state index is -0.702. The minimum absolute atomic E-state index is 0.120. The Morgan fingerprint density at radius 1 is 1.19 bits per heavy atom. The molecular weight excluding hydrogens is 340 g/mol. The second kappa shape index (κ2) is 6.52. The first-order chi connectivity index (χ1) is 12.8. The topological polar surface area (TPSA) is 52.6 Å². The molecule has 0 aromatic carbocycles. The summed E-state index contributed by atoms with van der Waals surface area (Å²) in [5.41, 5.74) is 0.749. The first-order valence-electron chi connectivity index (χ1n) is 10.6. The third-order valence-electron chi connectivity index (χ3n) is 9.05. The Bertz CT molecular complexity index is 682. The van der Waals surface area contributed by atoms with Crippen molar-refractivity contribution in [2.24, 2.45) is 28.6 Å². The summed E-state index contributed by atoms with van der Waals surface area (Å²) in [6.45, 7) is 6.57. The van der Waals surface area contributed by atoms with Crippen LogP contribution in [0.15, 0.2) is 11.6 Å². The fraction of sp³-hybridized carbons (Fsp3) is 0.826. The van der Waals surface area contributed by atoms with Gasteiger partial charge in [-0.3, -0.25) is 9.59 Å². The lowest BCUT2D eigenvalue weighted by molar-refractivity contribution is -0.199. The molecule has 4 aliphatic rings. The highest BCUT2D eigenvalue weighted by atomic mass is 16.7. The molecule has 0 aromatic rings. The second-order valence-corrected chi connectivity index (χ2v) is 9.90. The first-order valence-corrected chi connectivity index (χ1v) is 10.6. The van der Waals surface area contributed by atoms with E-state index in [-0.39, 0.29) is 23.4 Å². The number of ether oxygens (including phenoxy) is 2. The molecule has 4 heteroatoms. The van der Waals surface area contributed by atoms with Gasteiger partial charge in [0.25, 0.3) is 0 Å². The SMILES string of the molecule is COCO[C@]1(C(C)=O)CC[C@H]2[C@@H]3CC=C4CC(=O)CC[C@]4(C)[C@H]3CC[C@@]21C. The number of methoxy groups -OCH3 is 1. The van der Waals surface area contributed by atoms with Crippen molar-refractivity contribution >= 4 is 11.6 Å². The van der Waals surface area contributed by atoms with Gasteiger partial charge in [0.05, 0.1) is 0 Å². The summed E-state index contributed by atoms with van der Waals surface area (Å²) in [6.07, 6.45) is 9.85. The summed E-state index contributed by atoms with van der Waals surface area (Å²) in [6, 6.07) is 0. The monoisotopic (exact) mass is 374 g/mol. The number of ketones is 2. The van der Waals surface area contributed by atoms with Crippen molar-refractivity contribution in [3.8, 4) is 0 Å². The van der Waals surface area contributed by atoms with Gasteiger partial charge in [-0.25, -0.2) is 0 Å². The normalized spacial score (nSPS) is 46.3. The summed E-state index contributed by atoms with van der Waals surface area (Å²) >= 11 is 0. The summed E-state index contributed by atoms with van der Waals surface area (Å²) in [5, 5.41) is 0. The lowest BCUT2D eigenvalue weighted by Gasteiger charge is -2.58. The number of rotatable bonds is 4. The average molecular weight is 375 g/mol. The zero-order chi connectivity index (χ0) is 19.4. The van der Waals surface area contributed by atoms with E-state index in [0.29, 0.717) is 30.0 Å². The van der Waals surface area contributed by atoms with Crippen LogP contribution in [0.2, 0.25) is 0 Å². The minimum Gasteiger partial charge on any atom is -0.359 e. The molecule has 0 radical (unpaired) electrons. The second-order valence-electron chi connectivity index (χ2n) is 9.90. The molecule has 4 rings (SSSR count). The Labute approximate surface area is 163 Å². The lowest BCUT2D eigenvalue weighted by Crippen LogP contribution is -2.58. The van der Waals surface area contributed by atoms with E-state index in [1.165, 1.54) is 5.57 Å². The van der Waals surface area contributed by atoms with Crippen LogP contribution in [0.1, 0.15) is 72.1 Å². The molecule has 0 spiro atoms. The highest BCUT2D eigenvalue weighted by Gasteiger charge is 2.66. The number of carbonyl (C=O) groups is 2. The van der Waals surface area contributed by atoms with Gasteiger partial charge in [0.15, 0.2) is 5.78 Å². The number of hydrogen-bond acceptors (Lipinski definition) is 4. The molecule has 0 bridgehead atoms. The van der Waals surface area contributed by atoms with E-state index < -0.39 is 5.60 Å². The molecular formula is C23H34O4. The van der Waals surface area contributed by atoms with Gasteiger partial charge in [-0.2, -0.15) is 0 Å². The predicted molar refractivity (Wildman–Crippen MR) is 103 cm³/mol. The van der Waals surface area contributed by atoms with Gasteiger partial charge in [0, 0.05) is 25.4 Å². The number of carbonyl (C=O) groups excluding carboxylic acids is 2.